The third-order valence-electron chi connectivity index (χ3n) is 11.7. The summed E-state index contributed by atoms with van der Waals surface area (Å²) in [5.41, 5.74) is 0. The van der Waals surface area contributed by atoms with Crippen LogP contribution in [-0.2, 0) is 4.79 Å². The van der Waals surface area contributed by atoms with Crippen LogP contribution in [0.5, 0.6) is 0 Å². The van der Waals surface area contributed by atoms with Crippen molar-refractivity contribution in [3.05, 3.63) is 12.2 Å². The van der Waals surface area contributed by atoms with Crippen molar-refractivity contribution in [2.45, 2.75) is 289 Å². The van der Waals surface area contributed by atoms with E-state index in [-0.39, 0.29) is 0 Å². The number of nitrogens with one attached hydrogen (secondary N) is 1. The van der Waals surface area contributed by atoms with Crippen molar-refractivity contribution in [1.29, 1.82) is 0 Å². The van der Waals surface area contributed by atoms with Crippen LogP contribution in [0.1, 0.15) is 264 Å². The van der Waals surface area contributed by atoms with E-state index in [9.17, 15) is 25.2 Å². The maximum absolute atomic E-state index is 12.5. The third-order valence-corrected chi connectivity index (χ3v) is 11.7. The van der Waals surface area contributed by atoms with Gasteiger partial charge in [0.25, 0.3) is 0 Å². The minimum atomic E-state index is -1.26. The minimum Gasteiger partial charge on any atom is -0.394 e. The molecule has 0 aromatic rings. The smallest absolute Gasteiger partial charge is 0.249 e. The summed E-state index contributed by atoms with van der Waals surface area (Å²) in [6.07, 6.45) is 49.6. The van der Waals surface area contributed by atoms with Crippen LogP contribution in [0.15, 0.2) is 12.2 Å². The van der Waals surface area contributed by atoms with Crippen molar-refractivity contribution in [2.24, 2.45) is 0 Å². The summed E-state index contributed by atoms with van der Waals surface area (Å²) in [6.45, 7) is 4.07. The predicted molar refractivity (Wildman–Crippen MR) is 238 cm³/mol. The number of allylic oxidation sites excluding steroid dienone is 2. The fourth-order valence-corrected chi connectivity index (χ4v) is 7.81. The molecule has 0 fully saturated rings. The molecule has 0 spiro atoms. The fourth-order valence-electron chi connectivity index (χ4n) is 7.81. The van der Waals surface area contributed by atoms with E-state index >= 15 is 0 Å². The Balaban J connectivity index is 3.68. The van der Waals surface area contributed by atoms with E-state index in [0.717, 1.165) is 44.9 Å². The van der Waals surface area contributed by atoms with Crippen molar-refractivity contribution in [1.82, 2.24) is 5.32 Å². The molecule has 0 bridgehead atoms. The summed E-state index contributed by atoms with van der Waals surface area (Å²) in [5.74, 6) is -0.585. The molecule has 55 heavy (non-hydrogen) atoms. The Morgan fingerprint density at radius 1 is 0.436 bits per heavy atom. The molecule has 6 heteroatoms. The molecule has 6 nitrogen and oxygen atoms in total. The molecular weight excluding hydrogens is 683 g/mol. The fraction of sp³-hybridized carbons (Fsp3) is 0.939. The molecule has 0 aromatic heterocycles. The highest BCUT2D eigenvalue weighted by Crippen LogP contribution is 2.17. The Morgan fingerprint density at radius 2 is 0.727 bits per heavy atom. The highest BCUT2D eigenvalue weighted by Gasteiger charge is 2.28. The average Bonchev–Trinajstić information content (AvgIpc) is 3.19. The number of carbonyl (C=O) groups is 1. The van der Waals surface area contributed by atoms with E-state index in [1.54, 1.807) is 0 Å². The Kier molecular flexibility index (Phi) is 43.4. The van der Waals surface area contributed by atoms with Crippen LogP contribution < -0.4 is 5.32 Å². The number of rotatable bonds is 45. The van der Waals surface area contributed by atoms with Gasteiger partial charge in [-0.2, -0.15) is 0 Å². The summed E-state index contributed by atoms with van der Waals surface area (Å²) < 4.78 is 0. The molecule has 5 N–H and O–H groups in total. The van der Waals surface area contributed by atoms with E-state index in [1.165, 1.54) is 193 Å². The van der Waals surface area contributed by atoms with E-state index in [0.29, 0.717) is 12.8 Å². The van der Waals surface area contributed by atoms with Gasteiger partial charge in [0, 0.05) is 0 Å². The second-order valence-corrected chi connectivity index (χ2v) is 17.2. The molecule has 4 atom stereocenters. The van der Waals surface area contributed by atoms with Crippen LogP contribution >= 0.6 is 0 Å². The molecule has 0 rings (SSSR count). The van der Waals surface area contributed by atoms with Gasteiger partial charge >= 0.3 is 0 Å². The van der Waals surface area contributed by atoms with Gasteiger partial charge in [-0.25, -0.2) is 0 Å². The highest BCUT2D eigenvalue weighted by molar-refractivity contribution is 5.80. The Hall–Kier alpha value is -0.950. The second kappa shape index (κ2) is 44.2. The van der Waals surface area contributed by atoms with Gasteiger partial charge in [0.2, 0.25) is 5.91 Å². The second-order valence-electron chi connectivity index (χ2n) is 17.2. The average molecular weight is 780 g/mol. The van der Waals surface area contributed by atoms with Crippen molar-refractivity contribution >= 4 is 5.91 Å². The zero-order chi connectivity index (χ0) is 40.3. The van der Waals surface area contributed by atoms with E-state index < -0.39 is 36.9 Å². The normalized spacial score (nSPS) is 14.1. The van der Waals surface area contributed by atoms with Crippen LogP contribution in [0.25, 0.3) is 0 Å². The molecule has 0 radical (unpaired) electrons. The van der Waals surface area contributed by atoms with Gasteiger partial charge in [0.1, 0.15) is 12.2 Å². The third kappa shape index (κ3) is 38.3. The number of aliphatic hydroxyl groups is 4. The predicted octanol–water partition coefficient (Wildman–Crippen LogP) is 13.4. The largest absolute Gasteiger partial charge is 0.394 e. The zero-order valence-electron chi connectivity index (χ0n) is 36.9. The Labute approximate surface area is 342 Å². The van der Waals surface area contributed by atoms with Crippen molar-refractivity contribution in [2.75, 3.05) is 6.61 Å². The molecule has 0 aliphatic carbocycles. The Morgan fingerprint density at radius 3 is 1.05 bits per heavy atom. The zero-order valence-corrected chi connectivity index (χ0v) is 36.9. The first-order valence-electron chi connectivity index (χ1n) is 24.6. The summed E-state index contributed by atoms with van der Waals surface area (Å²) in [7, 11) is 0. The van der Waals surface area contributed by atoms with Crippen LogP contribution in [0.3, 0.4) is 0 Å². The van der Waals surface area contributed by atoms with Gasteiger partial charge in [-0.15, -0.1) is 0 Å². The summed E-state index contributed by atoms with van der Waals surface area (Å²) in [6, 6.07) is -0.985. The number of amides is 1. The molecule has 0 saturated heterocycles. The molecule has 0 aromatic carbocycles. The van der Waals surface area contributed by atoms with Crippen molar-refractivity contribution < 1.29 is 25.2 Å². The van der Waals surface area contributed by atoms with Crippen LogP contribution in [-0.4, -0.2) is 57.3 Å². The van der Waals surface area contributed by atoms with Gasteiger partial charge < -0.3 is 25.7 Å². The molecule has 4 unspecified atom stereocenters. The molecule has 1 amide bonds. The number of unbranched alkanes of at least 4 members (excludes halogenated alkanes) is 34. The molecule has 0 heterocycles. The van der Waals surface area contributed by atoms with Crippen molar-refractivity contribution in [3.63, 3.8) is 0 Å². The Bertz CT molecular complexity index is 791. The number of hydrogen-bond acceptors (Lipinski definition) is 5. The first-order valence-corrected chi connectivity index (χ1v) is 24.6. The topological polar surface area (TPSA) is 110 Å². The molecular formula is C49H97NO5. The monoisotopic (exact) mass is 780 g/mol. The molecule has 0 aliphatic heterocycles. The van der Waals surface area contributed by atoms with E-state index in [2.05, 4.69) is 31.3 Å². The first-order chi connectivity index (χ1) is 27.0. The minimum absolute atomic E-state index is 0.365. The van der Waals surface area contributed by atoms with E-state index in [4.69, 9.17) is 0 Å². The molecule has 0 saturated carbocycles. The lowest BCUT2D eigenvalue weighted by Gasteiger charge is -2.27. The van der Waals surface area contributed by atoms with Crippen LogP contribution in [0.4, 0.5) is 0 Å². The summed E-state index contributed by atoms with van der Waals surface area (Å²) >= 11 is 0. The summed E-state index contributed by atoms with van der Waals surface area (Å²) in [4.78, 5) is 12.5. The lowest BCUT2D eigenvalue weighted by atomic mass is 9.99. The molecule has 0 aliphatic rings. The number of carbonyl (C=O) groups excluding carboxylic acids is 1. The van der Waals surface area contributed by atoms with Gasteiger partial charge in [0.15, 0.2) is 0 Å². The van der Waals surface area contributed by atoms with Crippen molar-refractivity contribution in [3.8, 4) is 0 Å². The lowest BCUT2D eigenvalue weighted by Crippen LogP contribution is -2.53. The van der Waals surface area contributed by atoms with Crippen LogP contribution in [0, 0.1) is 0 Å². The van der Waals surface area contributed by atoms with Gasteiger partial charge in [-0.1, -0.05) is 238 Å². The first kappa shape index (κ1) is 54.0. The quantitative estimate of drug-likeness (QED) is 0.0312. The lowest BCUT2D eigenvalue weighted by molar-refractivity contribution is -0.132. The maximum Gasteiger partial charge on any atom is 0.249 e. The van der Waals surface area contributed by atoms with Gasteiger partial charge in [0.05, 0.1) is 18.8 Å². The van der Waals surface area contributed by atoms with E-state index in [1.807, 2.05) is 0 Å². The SMILES string of the molecule is CCCCCCCCCCC/C=C\CCCCCCCCC(O)C(=O)NC(CO)C(O)C(O)CCCCCCCCCCCCCCCCCCCCCC. The number of hydrogen-bond donors (Lipinski definition) is 5. The highest BCUT2D eigenvalue weighted by atomic mass is 16.3. The standard InChI is InChI=1S/C49H97NO5/c1-3-5-7-9-11-13-15-17-19-21-23-25-26-28-30-32-34-36-38-40-42-46(52)48(54)45(44-51)50-49(55)47(53)43-41-39-37-35-33-31-29-27-24-22-20-18-16-14-12-10-8-6-4-2/h24,27,45-48,51-54H,3-23,25-26,28-44H2,1-2H3,(H,50,55)/b27-24-. The maximum atomic E-state index is 12.5. The van der Waals surface area contributed by atoms with Gasteiger partial charge in [-0.05, 0) is 38.5 Å². The number of aliphatic hydroxyl groups excluding tert-OH is 4. The van der Waals surface area contributed by atoms with Gasteiger partial charge in [-0.3, -0.25) is 4.79 Å². The molecule has 328 valence electrons. The van der Waals surface area contributed by atoms with Crippen LogP contribution in [0.2, 0.25) is 0 Å². The summed E-state index contributed by atoms with van der Waals surface area (Å²) in [5, 5.41) is 43.8.